The Bertz CT molecular complexity index is 879. The summed E-state index contributed by atoms with van der Waals surface area (Å²) in [7, 11) is 0. The van der Waals surface area contributed by atoms with Gasteiger partial charge in [0.15, 0.2) is 0 Å². The molecule has 6 heteroatoms. The van der Waals surface area contributed by atoms with Crippen LogP contribution in [0.25, 0.3) is 0 Å². The predicted octanol–water partition coefficient (Wildman–Crippen LogP) is 6.10. The van der Waals surface area contributed by atoms with Crippen molar-refractivity contribution in [3.8, 4) is 0 Å². The van der Waals surface area contributed by atoms with Crippen molar-refractivity contribution in [2.75, 3.05) is 11.9 Å². The molecular weight excluding hydrogens is 380 g/mol. The number of benzene rings is 1. The number of anilines is 1. The first-order valence-electron chi connectivity index (χ1n) is 10.1. The molecule has 2 unspecified atom stereocenters. The lowest BCUT2D eigenvalue weighted by molar-refractivity contribution is -0.179. The molecule has 156 valence electrons. The Labute approximate surface area is 168 Å². The van der Waals surface area contributed by atoms with Crippen LogP contribution in [0.1, 0.15) is 39.0 Å². The summed E-state index contributed by atoms with van der Waals surface area (Å²) in [4.78, 5) is 0. The van der Waals surface area contributed by atoms with Gasteiger partial charge >= 0.3 is 6.18 Å². The molecule has 0 amide bonds. The van der Waals surface area contributed by atoms with Gasteiger partial charge in [0, 0.05) is 23.3 Å². The van der Waals surface area contributed by atoms with Crippen LogP contribution in [0.4, 0.5) is 23.2 Å². The molecule has 1 aromatic carbocycles. The van der Waals surface area contributed by atoms with Crippen LogP contribution in [0.2, 0.25) is 0 Å². The van der Waals surface area contributed by atoms with E-state index in [1.807, 2.05) is 6.08 Å². The molecule has 0 aliphatic heterocycles. The van der Waals surface area contributed by atoms with Gasteiger partial charge in [-0.25, -0.2) is 4.39 Å². The molecule has 4 rings (SSSR count). The molecule has 0 heterocycles. The van der Waals surface area contributed by atoms with E-state index in [4.69, 9.17) is 5.73 Å². The first kappa shape index (κ1) is 20.2. The van der Waals surface area contributed by atoms with Crippen LogP contribution < -0.4 is 11.1 Å². The topological polar surface area (TPSA) is 38.0 Å². The molecule has 0 aromatic heterocycles. The van der Waals surface area contributed by atoms with Crippen molar-refractivity contribution in [1.82, 2.24) is 0 Å². The van der Waals surface area contributed by atoms with Crippen LogP contribution in [-0.4, -0.2) is 12.7 Å². The number of fused-ring (bicyclic) bond motifs is 3. The quantitative estimate of drug-likeness (QED) is 0.470. The molecule has 0 radical (unpaired) electrons. The maximum atomic E-state index is 13.2. The standard InChI is InChI=1S/C23H26F4N2/c1-22-12-15(13-28)21(29-19-7-5-18(24)6-8-19)11-16(22)3-2-14-10-17(23(25,26)27)4-9-20(14)22/h5-9,11,14,17,29H,2-4,10,12-13,28H2,1H3/t14?,17-,22?/m1/s1. The largest absolute Gasteiger partial charge is 0.392 e. The third-order valence-corrected chi connectivity index (χ3v) is 6.84. The van der Waals surface area contributed by atoms with Gasteiger partial charge in [-0.3, -0.25) is 0 Å². The smallest absolute Gasteiger partial charge is 0.356 e. The van der Waals surface area contributed by atoms with Gasteiger partial charge in [-0.2, -0.15) is 13.2 Å². The van der Waals surface area contributed by atoms with Gasteiger partial charge < -0.3 is 11.1 Å². The van der Waals surface area contributed by atoms with Crippen molar-refractivity contribution in [1.29, 1.82) is 0 Å². The molecule has 1 saturated carbocycles. The van der Waals surface area contributed by atoms with Crippen molar-refractivity contribution in [3.63, 3.8) is 0 Å². The van der Waals surface area contributed by atoms with E-state index in [0.29, 0.717) is 13.0 Å². The molecule has 3 atom stereocenters. The highest BCUT2D eigenvalue weighted by molar-refractivity contribution is 5.56. The molecule has 1 aromatic rings. The lowest BCUT2D eigenvalue weighted by Gasteiger charge is -2.49. The lowest BCUT2D eigenvalue weighted by Crippen LogP contribution is -2.39. The van der Waals surface area contributed by atoms with Gasteiger partial charge in [0.25, 0.3) is 0 Å². The average molecular weight is 406 g/mol. The monoisotopic (exact) mass is 406 g/mol. The number of alkyl halides is 3. The summed E-state index contributed by atoms with van der Waals surface area (Å²) >= 11 is 0. The first-order chi connectivity index (χ1) is 13.7. The van der Waals surface area contributed by atoms with Crippen LogP contribution in [0, 0.1) is 23.1 Å². The Balaban J connectivity index is 1.63. The van der Waals surface area contributed by atoms with Crippen molar-refractivity contribution < 1.29 is 17.6 Å². The second-order valence-electron chi connectivity index (χ2n) is 8.64. The Morgan fingerprint density at radius 1 is 1.21 bits per heavy atom. The van der Waals surface area contributed by atoms with E-state index < -0.39 is 12.1 Å². The van der Waals surface area contributed by atoms with Gasteiger partial charge in [-0.1, -0.05) is 24.1 Å². The van der Waals surface area contributed by atoms with E-state index in [1.165, 1.54) is 17.7 Å². The maximum absolute atomic E-state index is 13.2. The number of hydrogen-bond donors (Lipinski definition) is 2. The minimum atomic E-state index is -4.12. The predicted molar refractivity (Wildman–Crippen MR) is 106 cm³/mol. The lowest BCUT2D eigenvalue weighted by atomic mass is 9.56. The summed E-state index contributed by atoms with van der Waals surface area (Å²) in [5.74, 6) is -1.53. The third-order valence-electron chi connectivity index (χ3n) is 6.84. The van der Waals surface area contributed by atoms with Crippen LogP contribution in [0.3, 0.4) is 0 Å². The minimum absolute atomic E-state index is 0.0110. The van der Waals surface area contributed by atoms with Gasteiger partial charge in [0.2, 0.25) is 0 Å². The van der Waals surface area contributed by atoms with Crippen molar-refractivity contribution in [3.05, 3.63) is 64.7 Å². The highest BCUT2D eigenvalue weighted by atomic mass is 19.4. The van der Waals surface area contributed by atoms with Crippen LogP contribution in [-0.2, 0) is 0 Å². The van der Waals surface area contributed by atoms with Crippen LogP contribution in [0.15, 0.2) is 58.8 Å². The number of halogens is 4. The average Bonchev–Trinajstić information content (AvgIpc) is 2.68. The van der Waals surface area contributed by atoms with Gasteiger partial charge in [0.1, 0.15) is 5.82 Å². The summed E-state index contributed by atoms with van der Waals surface area (Å²) in [5, 5.41) is 3.35. The van der Waals surface area contributed by atoms with E-state index in [2.05, 4.69) is 18.3 Å². The van der Waals surface area contributed by atoms with Gasteiger partial charge in [0.05, 0.1) is 5.92 Å². The second-order valence-corrected chi connectivity index (χ2v) is 8.64. The summed E-state index contributed by atoms with van der Waals surface area (Å²) in [5.41, 5.74) is 10.9. The van der Waals surface area contributed by atoms with E-state index in [0.717, 1.165) is 35.4 Å². The number of rotatable bonds is 3. The SMILES string of the molecule is CC12CC(CN)=C(Nc3ccc(F)cc3)C=C1CCC1C[C@H](C(F)(F)F)CC=C12. The fourth-order valence-electron chi connectivity index (χ4n) is 5.25. The molecule has 3 N–H and O–H groups in total. The number of allylic oxidation sites excluding steroid dienone is 4. The fourth-order valence-corrected chi connectivity index (χ4v) is 5.25. The highest BCUT2D eigenvalue weighted by Crippen LogP contribution is 2.57. The van der Waals surface area contributed by atoms with Crippen molar-refractivity contribution in [2.45, 2.75) is 45.2 Å². The Hall–Kier alpha value is -2.08. The van der Waals surface area contributed by atoms with Crippen LogP contribution >= 0.6 is 0 Å². The maximum Gasteiger partial charge on any atom is 0.392 e. The zero-order chi connectivity index (χ0) is 20.8. The summed E-state index contributed by atoms with van der Waals surface area (Å²) < 4.78 is 52.9. The Morgan fingerprint density at radius 3 is 2.59 bits per heavy atom. The molecular formula is C23H26F4N2. The van der Waals surface area contributed by atoms with Crippen LogP contribution in [0.5, 0.6) is 0 Å². The van der Waals surface area contributed by atoms with E-state index in [-0.39, 0.29) is 30.0 Å². The number of nitrogens with two attached hydrogens (primary N) is 1. The normalized spacial score (nSPS) is 29.6. The third kappa shape index (κ3) is 3.75. The summed E-state index contributed by atoms with van der Waals surface area (Å²) in [6.07, 6.45) is 2.35. The molecule has 1 fully saturated rings. The zero-order valence-corrected chi connectivity index (χ0v) is 16.5. The molecule has 3 aliphatic rings. The Kier molecular flexibility index (Phi) is 5.09. The molecule has 2 nitrogen and oxygen atoms in total. The zero-order valence-electron chi connectivity index (χ0n) is 16.5. The van der Waals surface area contributed by atoms with E-state index in [9.17, 15) is 17.6 Å². The fraction of sp³-hybridized carbons (Fsp3) is 0.478. The molecule has 0 bridgehead atoms. The van der Waals surface area contributed by atoms with Crippen molar-refractivity contribution in [2.24, 2.45) is 23.0 Å². The number of nitrogens with one attached hydrogen (secondary N) is 1. The number of hydrogen-bond acceptors (Lipinski definition) is 2. The van der Waals surface area contributed by atoms with Gasteiger partial charge in [-0.15, -0.1) is 0 Å². The van der Waals surface area contributed by atoms with Gasteiger partial charge in [-0.05, 0) is 73.9 Å². The van der Waals surface area contributed by atoms with E-state index >= 15 is 0 Å². The molecule has 3 aliphatic carbocycles. The summed E-state index contributed by atoms with van der Waals surface area (Å²) in [6, 6.07) is 6.17. The molecule has 29 heavy (non-hydrogen) atoms. The first-order valence-corrected chi connectivity index (χ1v) is 10.1. The molecule has 0 spiro atoms. The summed E-state index contributed by atoms with van der Waals surface area (Å²) in [6.45, 7) is 2.51. The Morgan fingerprint density at radius 2 is 1.93 bits per heavy atom. The molecule has 0 saturated heterocycles. The van der Waals surface area contributed by atoms with E-state index in [1.54, 1.807) is 12.1 Å². The highest BCUT2D eigenvalue weighted by Gasteiger charge is 2.49. The van der Waals surface area contributed by atoms with Crippen molar-refractivity contribution >= 4 is 5.69 Å². The minimum Gasteiger partial charge on any atom is -0.356 e. The second kappa shape index (κ2) is 7.31.